The van der Waals surface area contributed by atoms with E-state index in [1.165, 1.54) is 44.4 Å². The number of ether oxygens (including phenoxy) is 1. The van der Waals surface area contributed by atoms with Crippen LogP contribution in [0.25, 0.3) is 0 Å². The first-order chi connectivity index (χ1) is 12.7. The molecule has 1 aliphatic rings. The van der Waals surface area contributed by atoms with E-state index in [0.29, 0.717) is 17.7 Å². The highest BCUT2D eigenvalue weighted by atomic mass is 32.2. The maximum Gasteiger partial charge on any atom is 0.337 e. The van der Waals surface area contributed by atoms with E-state index in [1.807, 2.05) is 6.92 Å². The molecular formula is C19H20N2O5S. The Morgan fingerprint density at radius 3 is 2.41 bits per heavy atom. The zero-order valence-electron chi connectivity index (χ0n) is 15.2. The summed E-state index contributed by atoms with van der Waals surface area (Å²) >= 11 is 0. The number of rotatable bonds is 4. The first-order valence-corrected chi connectivity index (χ1v) is 9.85. The summed E-state index contributed by atoms with van der Waals surface area (Å²) in [5, 5.41) is 0. The van der Waals surface area contributed by atoms with Gasteiger partial charge in [0.05, 0.1) is 17.6 Å². The lowest BCUT2D eigenvalue weighted by Crippen LogP contribution is -2.33. The Bertz CT molecular complexity index is 999. The fourth-order valence-corrected chi connectivity index (χ4v) is 4.37. The Morgan fingerprint density at radius 2 is 1.81 bits per heavy atom. The molecule has 2 aromatic carbocycles. The molecule has 142 valence electrons. The largest absolute Gasteiger partial charge is 0.465 e. The van der Waals surface area contributed by atoms with Crippen LogP contribution in [-0.4, -0.2) is 33.4 Å². The van der Waals surface area contributed by atoms with Gasteiger partial charge in [0.2, 0.25) is 5.91 Å². The van der Waals surface area contributed by atoms with Gasteiger partial charge in [-0.3, -0.25) is 9.52 Å². The molecule has 27 heavy (non-hydrogen) atoms. The second kappa shape index (κ2) is 7.03. The van der Waals surface area contributed by atoms with Crippen LogP contribution in [0.1, 0.15) is 29.8 Å². The normalized spacial score (nSPS) is 16.0. The molecule has 3 rings (SSSR count). The molecule has 0 saturated carbocycles. The first-order valence-electron chi connectivity index (χ1n) is 8.37. The summed E-state index contributed by atoms with van der Waals surface area (Å²) < 4.78 is 32.5. The summed E-state index contributed by atoms with van der Waals surface area (Å²) in [6, 6.07) is 10.7. The molecule has 0 fully saturated rings. The van der Waals surface area contributed by atoms with E-state index in [9.17, 15) is 18.0 Å². The van der Waals surface area contributed by atoms with Gasteiger partial charge in [0.15, 0.2) is 0 Å². The summed E-state index contributed by atoms with van der Waals surface area (Å²) in [6.07, 6.45) is 0.603. The molecule has 2 aromatic rings. The molecule has 1 atom stereocenters. The Morgan fingerprint density at radius 1 is 1.15 bits per heavy atom. The monoisotopic (exact) mass is 388 g/mol. The minimum absolute atomic E-state index is 0.00530. The van der Waals surface area contributed by atoms with E-state index in [0.717, 1.165) is 11.3 Å². The molecule has 0 unspecified atom stereocenters. The third-order valence-corrected chi connectivity index (χ3v) is 5.85. The van der Waals surface area contributed by atoms with Crippen LogP contribution >= 0.6 is 0 Å². The highest BCUT2D eigenvalue weighted by molar-refractivity contribution is 7.92. The summed E-state index contributed by atoms with van der Waals surface area (Å²) in [5.41, 5.74) is 2.23. The number of carbonyl (C=O) groups is 2. The number of nitrogens with one attached hydrogen (secondary N) is 1. The topological polar surface area (TPSA) is 92.8 Å². The van der Waals surface area contributed by atoms with Crippen molar-refractivity contribution in [3.63, 3.8) is 0 Å². The van der Waals surface area contributed by atoms with Crippen molar-refractivity contribution in [2.45, 2.75) is 31.2 Å². The number of methoxy groups -OCH3 is 1. The van der Waals surface area contributed by atoms with Crippen LogP contribution in [0.5, 0.6) is 0 Å². The number of sulfonamides is 1. The number of carbonyl (C=O) groups excluding carboxylic acids is 2. The summed E-state index contributed by atoms with van der Waals surface area (Å²) in [5.74, 6) is -0.562. The highest BCUT2D eigenvalue weighted by Crippen LogP contribution is 2.34. The van der Waals surface area contributed by atoms with E-state index >= 15 is 0 Å². The van der Waals surface area contributed by atoms with Gasteiger partial charge >= 0.3 is 5.97 Å². The zero-order valence-corrected chi connectivity index (χ0v) is 16.0. The molecule has 0 radical (unpaired) electrons. The predicted octanol–water partition coefficient (Wildman–Crippen LogP) is 2.57. The lowest BCUT2D eigenvalue weighted by Gasteiger charge is -2.20. The standard InChI is InChI=1S/C19H20N2O5S/c1-12-10-15-11-17(8-9-18(15)21(12)13(2)22)27(24,25)20-16-6-4-14(5-7-16)19(23)26-3/h4-9,11-12,20H,10H2,1-3H3/t12-/m0/s1. The lowest BCUT2D eigenvalue weighted by molar-refractivity contribution is -0.116. The fraction of sp³-hybridized carbons (Fsp3) is 0.263. The molecule has 1 amide bonds. The van der Waals surface area contributed by atoms with Crippen LogP contribution in [0.15, 0.2) is 47.4 Å². The zero-order chi connectivity index (χ0) is 19.8. The Labute approximate surface area is 158 Å². The van der Waals surface area contributed by atoms with Gasteiger partial charge < -0.3 is 9.64 Å². The van der Waals surface area contributed by atoms with Gasteiger partial charge in [0.25, 0.3) is 10.0 Å². The maximum atomic E-state index is 12.7. The molecule has 1 N–H and O–H groups in total. The van der Waals surface area contributed by atoms with Gasteiger partial charge in [-0.1, -0.05) is 0 Å². The van der Waals surface area contributed by atoms with Crippen molar-refractivity contribution in [3.8, 4) is 0 Å². The van der Waals surface area contributed by atoms with Crippen molar-refractivity contribution >= 4 is 33.3 Å². The smallest absolute Gasteiger partial charge is 0.337 e. The number of hydrogen-bond acceptors (Lipinski definition) is 5. The van der Waals surface area contributed by atoms with Crippen LogP contribution in [0.2, 0.25) is 0 Å². The number of amides is 1. The minimum Gasteiger partial charge on any atom is -0.465 e. The highest BCUT2D eigenvalue weighted by Gasteiger charge is 2.30. The Balaban J connectivity index is 1.85. The fourth-order valence-electron chi connectivity index (χ4n) is 3.26. The summed E-state index contributed by atoms with van der Waals surface area (Å²) in [7, 11) is -2.52. The predicted molar refractivity (Wildman–Crippen MR) is 101 cm³/mol. The second-order valence-corrected chi connectivity index (χ2v) is 8.09. The molecule has 0 aromatic heterocycles. The van der Waals surface area contributed by atoms with Crippen LogP contribution < -0.4 is 9.62 Å². The van der Waals surface area contributed by atoms with E-state index in [-0.39, 0.29) is 16.8 Å². The third kappa shape index (κ3) is 3.66. The van der Waals surface area contributed by atoms with E-state index < -0.39 is 16.0 Å². The van der Waals surface area contributed by atoms with Crippen LogP contribution in [0.3, 0.4) is 0 Å². The van der Waals surface area contributed by atoms with Gasteiger partial charge in [0, 0.05) is 24.3 Å². The lowest BCUT2D eigenvalue weighted by atomic mass is 10.1. The van der Waals surface area contributed by atoms with Gasteiger partial charge in [-0.25, -0.2) is 13.2 Å². The molecule has 0 saturated heterocycles. The van der Waals surface area contributed by atoms with Crippen molar-refractivity contribution < 1.29 is 22.7 Å². The third-order valence-electron chi connectivity index (χ3n) is 4.47. The average Bonchev–Trinajstić information content (AvgIpc) is 2.96. The summed E-state index contributed by atoms with van der Waals surface area (Å²) in [4.78, 5) is 25.0. The Hall–Kier alpha value is -2.87. The van der Waals surface area contributed by atoms with Crippen LogP contribution in [0, 0.1) is 0 Å². The van der Waals surface area contributed by atoms with Gasteiger partial charge in [-0.15, -0.1) is 0 Å². The van der Waals surface area contributed by atoms with Crippen LogP contribution in [-0.2, 0) is 26.0 Å². The quantitative estimate of drug-likeness (QED) is 0.813. The molecule has 0 aliphatic carbocycles. The number of benzene rings is 2. The van der Waals surface area contributed by atoms with Crippen molar-refractivity contribution in [3.05, 3.63) is 53.6 Å². The number of fused-ring (bicyclic) bond motifs is 1. The van der Waals surface area contributed by atoms with Crippen molar-refractivity contribution in [1.82, 2.24) is 0 Å². The van der Waals surface area contributed by atoms with E-state index in [2.05, 4.69) is 9.46 Å². The minimum atomic E-state index is -3.80. The van der Waals surface area contributed by atoms with Crippen LogP contribution in [0.4, 0.5) is 11.4 Å². The molecule has 0 spiro atoms. The van der Waals surface area contributed by atoms with Gasteiger partial charge in [-0.2, -0.15) is 0 Å². The van der Waals surface area contributed by atoms with E-state index in [1.54, 1.807) is 17.0 Å². The van der Waals surface area contributed by atoms with Crippen molar-refractivity contribution in [2.24, 2.45) is 0 Å². The second-order valence-electron chi connectivity index (χ2n) is 6.41. The maximum absolute atomic E-state index is 12.7. The van der Waals surface area contributed by atoms with E-state index in [4.69, 9.17) is 0 Å². The molecule has 1 aliphatic heterocycles. The average molecular weight is 388 g/mol. The molecule has 0 bridgehead atoms. The Kier molecular flexibility index (Phi) is 4.93. The number of nitrogens with zero attached hydrogens (tertiary/aromatic N) is 1. The van der Waals surface area contributed by atoms with Crippen molar-refractivity contribution in [2.75, 3.05) is 16.7 Å². The SMILES string of the molecule is COC(=O)c1ccc(NS(=O)(=O)c2ccc3c(c2)C[C@H](C)N3C(C)=O)cc1. The molecule has 1 heterocycles. The molecular weight excluding hydrogens is 368 g/mol. The number of anilines is 2. The van der Waals surface area contributed by atoms with Crippen molar-refractivity contribution in [1.29, 1.82) is 0 Å². The van der Waals surface area contributed by atoms with Gasteiger partial charge in [-0.05, 0) is 61.4 Å². The molecule has 7 nitrogen and oxygen atoms in total. The summed E-state index contributed by atoms with van der Waals surface area (Å²) in [6.45, 7) is 3.42. The number of esters is 1. The van der Waals surface area contributed by atoms with Gasteiger partial charge in [0.1, 0.15) is 0 Å². The first kappa shape index (κ1) is 18.9. The number of hydrogen-bond donors (Lipinski definition) is 1. The molecule has 8 heteroatoms.